The van der Waals surface area contributed by atoms with Crippen molar-refractivity contribution in [3.8, 4) is 11.6 Å². The quantitative estimate of drug-likeness (QED) is 0.412. The number of aromatic hydroxyl groups is 1. The molecule has 2 N–H and O–H groups in total. The molecule has 0 aliphatic heterocycles. The monoisotopic (exact) mass is 460 g/mol. The second kappa shape index (κ2) is 9.27. The minimum Gasteiger partial charge on any atom is -0.494 e. The number of alkyl halides is 3. The average Bonchev–Trinajstić information content (AvgIpc) is 3.00. The van der Waals surface area contributed by atoms with Crippen molar-refractivity contribution in [2.45, 2.75) is 33.4 Å². The van der Waals surface area contributed by atoms with Crippen LogP contribution in [0.3, 0.4) is 0 Å². The van der Waals surface area contributed by atoms with E-state index in [2.05, 4.69) is 10.5 Å². The van der Waals surface area contributed by atoms with Crippen LogP contribution in [0.2, 0.25) is 0 Å². The van der Waals surface area contributed by atoms with E-state index in [-0.39, 0.29) is 35.0 Å². The summed E-state index contributed by atoms with van der Waals surface area (Å²) in [6.07, 6.45) is -4.31. The van der Waals surface area contributed by atoms with Gasteiger partial charge in [0.25, 0.3) is 0 Å². The molecule has 3 rings (SSSR count). The SMILES string of the molecule is C/C(=N\NC(=O)CCN(C)C)c1c(O)n(-c2cc(C)cc(C)c2)c2cc(C(F)(F)F)ccc12. The van der Waals surface area contributed by atoms with E-state index in [4.69, 9.17) is 0 Å². The Morgan fingerprint density at radius 2 is 1.76 bits per heavy atom. The molecule has 0 unspecified atom stereocenters. The molecule has 0 saturated heterocycles. The number of hydrazone groups is 1. The Labute approximate surface area is 190 Å². The lowest BCUT2D eigenvalue weighted by Gasteiger charge is -2.11. The Hall–Kier alpha value is -3.33. The predicted molar refractivity (Wildman–Crippen MR) is 123 cm³/mol. The number of hydrogen-bond acceptors (Lipinski definition) is 4. The maximum absolute atomic E-state index is 13.4. The first-order valence-electron chi connectivity index (χ1n) is 10.4. The molecule has 1 amide bonds. The van der Waals surface area contributed by atoms with Crippen LogP contribution in [-0.2, 0) is 11.0 Å². The molecule has 1 heterocycles. The highest BCUT2D eigenvalue weighted by atomic mass is 19.4. The van der Waals surface area contributed by atoms with Crippen LogP contribution in [-0.4, -0.2) is 46.8 Å². The summed E-state index contributed by atoms with van der Waals surface area (Å²) < 4.78 is 41.7. The van der Waals surface area contributed by atoms with Crippen molar-refractivity contribution in [2.24, 2.45) is 5.10 Å². The lowest BCUT2D eigenvalue weighted by Crippen LogP contribution is -2.24. The van der Waals surface area contributed by atoms with Gasteiger partial charge in [-0.05, 0) is 70.3 Å². The van der Waals surface area contributed by atoms with E-state index in [0.29, 0.717) is 17.6 Å². The summed E-state index contributed by atoms with van der Waals surface area (Å²) in [5.41, 5.74) is 4.69. The zero-order chi connectivity index (χ0) is 24.5. The summed E-state index contributed by atoms with van der Waals surface area (Å²) in [6.45, 7) is 5.87. The van der Waals surface area contributed by atoms with E-state index < -0.39 is 11.7 Å². The van der Waals surface area contributed by atoms with E-state index in [1.807, 2.05) is 38.9 Å². The Morgan fingerprint density at radius 3 is 2.33 bits per heavy atom. The van der Waals surface area contributed by atoms with E-state index >= 15 is 0 Å². The molecule has 0 spiro atoms. The third-order valence-corrected chi connectivity index (χ3v) is 5.23. The Bertz CT molecular complexity index is 1210. The molecule has 0 aliphatic carbocycles. The fraction of sp³-hybridized carbons (Fsp3) is 0.333. The van der Waals surface area contributed by atoms with Gasteiger partial charge in [-0.25, -0.2) is 5.43 Å². The molecule has 0 atom stereocenters. The summed E-state index contributed by atoms with van der Waals surface area (Å²) in [4.78, 5) is 13.9. The van der Waals surface area contributed by atoms with Crippen LogP contribution >= 0.6 is 0 Å². The van der Waals surface area contributed by atoms with E-state index in [0.717, 1.165) is 23.3 Å². The van der Waals surface area contributed by atoms with Gasteiger partial charge in [0.2, 0.25) is 11.8 Å². The van der Waals surface area contributed by atoms with Crippen LogP contribution in [0.1, 0.15) is 35.6 Å². The van der Waals surface area contributed by atoms with Gasteiger partial charge in [0, 0.05) is 24.0 Å². The number of nitrogens with one attached hydrogen (secondary N) is 1. The molecule has 6 nitrogen and oxygen atoms in total. The lowest BCUT2D eigenvalue weighted by molar-refractivity contribution is -0.137. The van der Waals surface area contributed by atoms with Gasteiger partial charge in [0.1, 0.15) is 0 Å². The summed E-state index contributed by atoms with van der Waals surface area (Å²) in [6, 6.07) is 8.81. The molecule has 2 aromatic carbocycles. The van der Waals surface area contributed by atoms with Gasteiger partial charge in [-0.15, -0.1) is 0 Å². The maximum atomic E-state index is 13.4. The van der Waals surface area contributed by atoms with Crippen molar-refractivity contribution in [3.05, 3.63) is 58.7 Å². The number of aryl methyl sites for hydroxylation is 2. The van der Waals surface area contributed by atoms with Crippen LogP contribution in [0.25, 0.3) is 16.6 Å². The fourth-order valence-corrected chi connectivity index (χ4v) is 3.73. The van der Waals surface area contributed by atoms with Gasteiger partial charge in [0.05, 0.1) is 22.4 Å². The standard InChI is InChI=1S/C24H27F3N4O2/c1-14-10-15(2)12-18(11-14)31-20-13-17(24(25,26)27)6-7-19(20)22(23(31)33)16(3)28-29-21(32)8-9-30(4)5/h6-7,10-13,33H,8-9H2,1-5H3,(H,29,32)/b28-16+. The molecule has 33 heavy (non-hydrogen) atoms. The average molecular weight is 461 g/mol. The summed E-state index contributed by atoms with van der Waals surface area (Å²) in [7, 11) is 3.69. The van der Waals surface area contributed by atoms with E-state index in [9.17, 15) is 23.1 Å². The normalized spacial score (nSPS) is 12.6. The predicted octanol–water partition coefficient (Wildman–Crippen LogP) is 4.76. The zero-order valence-electron chi connectivity index (χ0n) is 19.2. The van der Waals surface area contributed by atoms with Crippen molar-refractivity contribution in [1.29, 1.82) is 0 Å². The number of rotatable bonds is 6. The van der Waals surface area contributed by atoms with Gasteiger partial charge in [-0.3, -0.25) is 9.36 Å². The van der Waals surface area contributed by atoms with Crippen molar-refractivity contribution in [3.63, 3.8) is 0 Å². The highest BCUT2D eigenvalue weighted by Gasteiger charge is 2.32. The minimum atomic E-state index is -4.54. The number of fused-ring (bicyclic) bond motifs is 1. The zero-order valence-corrected chi connectivity index (χ0v) is 19.2. The summed E-state index contributed by atoms with van der Waals surface area (Å²) >= 11 is 0. The first kappa shape index (κ1) is 24.3. The lowest BCUT2D eigenvalue weighted by atomic mass is 10.1. The third kappa shape index (κ3) is 5.36. The molecule has 0 radical (unpaired) electrons. The maximum Gasteiger partial charge on any atom is 0.416 e. The van der Waals surface area contributed by atoms with Crippen LogP contribution in [0.5, 0.6) is 5.88 Å². The first-order valence-corrected chi connectivity index (χ1v) is 10.4. The molecule has 0 aliphatic rings. The smallest absolute Gasteiger partial charge is 0.416 e. The molecular weight excluding hydrogens is 433 g/mol. The molecular formula is C24H27F3N4O2. The van der Waals surface area contributed by atoms with E-state index in [1.54, 1.807) is 19.1 Å². The van der Waals surface area contributed by atoms with Crippen LogP contribution in [0, 0.1) is 13.8 Å². The second-order valence-corrected chi connectivity index (χ2v) is 8.40. The number of nitrogens with zero attached hydrogens (tertiary/aromatic N) is 3. The fourth-order valence-electron chi connectivity index (χ4n) is 3.73. The largest absolute Gasteiger partial charge is 0.494 e. The first-order chi connectivity index (χ1) is 15.4. The number of benzene rings is 2. The van der Waals surface area contributed by atoms with Crippen molar-refractivity contribution in [1.82, 2.24) is 14.9 Å². The Kier molecular flexibility index (Phi) is 6.83. The van der Waals surface area contributed by atoms with Gasteiger partial charge < -0.3 is 10.0 Å². The Morgan fingerprint density at radius 1 is 1.12 bits per heavy atom. The molecule has 0 saturated carbocycles. The highest BCUT2D eigenvalue weighted by molar-refractivity contribution is 6.13. The third-order valence-electron chi connectivity index (χ3n) is 5.23. The van der Waals surface area contributed by atoms with Gasteiger partial charge in [0.15, 0.2) is 0 Å². The molecule has 3 aromatic rings. The summed E-state index contributed by atoms with van der Waals surface area (Å²) in [5.74, 6) is -0.557. The van der Waals surface area contributed by atoms with Gasteiger partial charge in [-0.2, -0.15) is 18.3 Å². The number of halogens is 3. The van der Waals surface area contributed by atoms with Gasteiger partial charge >= 0.3 is 6.18 Å². The van der Waals surface area contributed by atoms with Crippen molar-refractivity contribution >= 4 is 22.5 Å². The van der Waals surface area contributed by atoms with Crippen LogP contribution in [0.4, 0.5) is 13.2 Å². The summed E-state index contributed by atoms with van der Waals surface area (Å²) in [5, 5.41) is 15.6. The Balaban J connectivity index is 2.17. The molecule has 0 fully saturated rings. The highest BCUT2D eigenvalue weighted by Crippen LogP contribution is 2.39. The van der Waals surface area contributed by atoms with Gasteiger partial charge in [-0.1, -0.05) is 12.1 Å². The van der Waals surface area contributed by atoms with Crippen LogP contribution < -0.4 is 5.43 Å². The molecule has 0 bridgehead atoms. The second-order valence-electron chi connectivity index (χ2n) is 8.40. The topological polar surface area (TPSA) is 69.9 Å². The number of carbonyl (C=O) groups is 1. The number of carbonyl (C=O) groups excluding carboxylic acids is 1. The number of hydrogen-bond donors (Lipinski definition) is 2. The molecule has 1 aromatic heterocycles. The number of aromatic nitrogens is 1. The number of amides is 1. The van der Waals surface area contributed by atoms with Crippen molar-refractivity contribution in [2.75, 3.05) is 20.6 Å². The molecule has 9 heteroatoms. The van der Waals surface area contributed by atoms with E-state index in [1.165, 1.54) is 10.6 Å². The van der Waals surface area contributed by atoms with Crippen LogP contribution in [0.15, 0.2) is 41.5 Å². The van der Waals surface area contributed by atoms with Crippen molar-refractivity contribution < 1.29 is 23.1 Å². The minimum absolute atomic E-state index is 0.191. The molecule has 176 valence electrons.